The van der Waals surface area contributed by atoms with Gasteiger partial charge in [0.25, 0.3) is 0 Å². The number of amides is 3. The summed E-state index contributed by atoms with van der Waals surface area (Å²) in [5.41, 5.74) is 12.0. The molecule has 0 spiro atoms. The average molecular weight is 433 g/mol. The molecule has 1 aliphatic heterocycles. The van der Waals surface area contributed by atoms with E-state index in [1.165, 1.54) is 17.0 Å². The monoisotopic (exact) mass is 433 g/mol. The normalized spacial score (nSPS) is 20.4. The van der Waals surface area contributed by atoms with Gasteiger partial charge in [0.1, 0.15) is 23.2 Å². The largest absolute Gasteiger partial charge is 0.405 e. The molecular formula is C17H22F3N5O3S. The molecule has 1 fully saturated rings. The summed E-state index contributed by atoms with van der Waals surface area (Å²) in [5.74, 6) is -1.79. The van der Waals surface area contributed by atoms with Gasteiger partial charge in [0.2, 0.25) is 17.7 Å². The number of carbonyl (C=O) groups is 3. The minimum absolute atomic E-state index is 0.212. The van der Waals surface area contributed by atoms with Crippen LogP contribution in [0.1, 0.15) is 17.3 Å². The number of rotatable bonds is 8. The van der Waals surface area contributed by atoms with Crippen LogP contribution in [0.5, 0.6) is 0 Å². The maximum absolute atomic E-state index is 12.6. The van der Waals surface area contributed by atoms with Crippen LogP contribution >= 0.6 is 11.8 Å². The molecule has 8 nitrogen and oxygen atoms in total. The summed E-state index contributed by atoms with van der Waals surface area (Å²) >= 11 is 1.12. The molecular weight excluding hydrogens is 411 g/mol. The highest BCUT2D eigenvalue weighted by atomic mass is 32.2. The molecule has 1 aromatic rings. The fourth-order valence-corrected chi connectivity index (χ4v) is 4.22. The lowest BCUT2D eigenvalue weighted by Gasteiger charge is -2.26. The molecule has 3 amide bonds. The Labute approximate surface area is 169 Å². The van der Waals surface area contributed by atoms with Crippen LogP contribution in [-0.2, 0) is 9.59 Å². The molecule has 1 unspecified atom stereocenters. The fraction of sp³-hybridized carbons (Fsp3) is 0.471. The van der Waals surface area contributed by atoms with E-state index < -0.39 is 41.2 Å². The van der Waals surface area contributed by atoms with E-state index >= 15 is 0 Å². The first-order chi connectivity index (χ1) is 13.5. The highest BCUT2D eigenvalue weighted by Gasteiger charge is 2.44. The standard InChI is InChI=1S/C17H22F3N5O3S/c1-2-25-15(28)11(7-23-10-5-3-9(4-6-10)13(22)26)29-16(25)12(21)14(27)24-8-17(18,19)20/h3-6,11-12,16,23H,2,7-8,21H2,1H3,(H2,22,26)(H,24,27)/t11-,12-,16?/m1/s1. The Hall–Kier alpha value is -2.47. The second-order valence-electron chi connectivity index (χ2n) is 6.32. The predicted molar refractivity (Wildman–Crippen MR) is 103 cm³/mol. The van der Waals surface area contributed by atoms with Gasteiger partial charge in [0, 0.05) is 24.3 Å². The number of primary amides is 1. The first kappa shape index (κ1) is 22.8. The molecule has 0 bridgehead atoms. The second-order valence-corrected chi connectivity index (χ2v) is 7.64. The zero-order valence-electron chi connectivity index (χ0n) is 15.5. The van der Waals surface area contributed by atoms with Crippen molar-refractivity contribution >= 4 is 35.2 Å². The minimum Gasteiger partial charge on any atom is -0.383 e. The van der Waals surface area contributed by atoms with Gasteiger partial charge < -0.3 is 27.0 Å². The summed E-state index contributed by atoms with van der Waals surface area (Å²) in [6.45, 7) is 0.692. The lowest BCUT2D eigenvalue weighted by Crippen LogP contribution is -2.53. The number of benzene rings is 1. The predicted octanol–water partition coefficient (Wildman–Crippen LogP) is 0.493. The summed E-state index contributed by atoms with van der Waals surface area (Å²) in [4.78, 5) is 37.0. The number of alkyl halides is 3. The summed E-state index contributed by atoms with van der Waals surface area (Å²) in [6.07, 6.45) is -4.55. The number of nitrogens with two attached hydrogens (primary N) is 2. The zero-order chi connectivity index (χ0) is 21.8. The van der Waals surface area contributed by atoms with Gasteiger partial charge in [-0.05, 0) is 31.2 Å². The van der Waals surface area contributed by atoms with Gasteiger partial charge in [-0.3, -0.25) is 14.4 Å². The number of nitrogens with zero attached hydrogens (tertiary/aromatic N) is 1. The molecule has 0 aliphatic carbocycles. The molecule has 160 valence electrons. The van der Waals surface area contributed by atoms with Crippen molar-refractivity contribution in [1.29, 1.82) is 0 Å². The van der Waals surface area contributed by atoms with E-state index in [9.17, 15) is 27.6 Å². The van der Waals surface area contributed by atoms with Crippen LogP contribution < -0.4 is 22.1 Å². The van der Waals surface area contributed by atoms with Gasteiger partial charge in [0.15, 0.2) is 0 Å². The van der Waals surface area contributed by atoms with Gasteiger partial charge in [0.05, 0.1) is 0 Å². The van der Waals surface area contributed by atoms with Crippen LogP contribution in [0.15, 0.2) is 24.3 Å². The molecule has 29 heavy (non-hydrogen) atoms. The first-order valence-electron chi connectivity index (χ1n) is 8.73. The Morgan fingerprint density at radius 2 is 1.90 bits per heavy atom. The Kier molecular flexibility index (Phi) is 7.36. The van der Waals surface area contributed by atoms with Gasteiger partial charge in [-0.25, -0.2) is 0 Å². The van der Waals surface area contributed by atoms with Crippen LogP contribution in [0.3, 0.4) is 0 Å². The summed E-state index contributed by atoms with van der Waals surface area (Å²) in [5, 5.41) is 3.46. The highest BCUT2D eigenvalue weighted by molar-refractivity contribution is 8.01. The van der Waals surface area contributed by atoms with Crippen molar-refractivity contribution in [3.8, 4) is 0 Å². The summed E-state index contributed by atoms with van der Waals surface area (Å²) < 4.78 is 36.9. The molecule has 1 aliphatic rings. The number of thioether (sulfide) groups is 1. The van der Waals surface area contributed by atoms with Crippen LogP contribution in [-0.4, -0.2) is 65.1 Å². The van der Waals surface area contributed by atoms with E-state index in [1.54, 1.807) is 24.4 Å². The van der Waals surface area contributed by atoms with E-state index in [4.69, 9.17) is 11.5 Å². The lowest BCUT2D eigenvalue weighted by atomic mass is 10.2. The maximum Gasteiger partial charge on any atom is 0.405 e. The van der Waals surface area contributed by atoms with Crippen LogP contribution in [0.2, 0.25) is 0 Å². The molecule has 6 N–H and O–H groups in total. The molecule has 0 radical (unpaired) electrons. The number of nitrogens with one attached hydrogen (secondary N) is 2. The Bertz CT molecular complexity index is 760. The van der Waals surface area contributed by atoms with Crippen LogP contribution in [0.4, 0.5) is 18.9 Å². The molecule has 2 rings (SSSR count). The number of hydrogen-bond acceptors (Lipinski definition) is 6. The zero-order valence-corrected chi connectivity index (χ0v) is 16.3. The van der Waals surface area contributed by atoms with Crippen molar-refractivity contribution < 1.29 is 27.6 Å². The molecule has 0 saturated carbocycles. The molecule has 1 aromatic carbocycles. The number of likely N-dealkylation sites (N-methyl/N-ethyl adjacent to an activating group) is 1. The van der Waals surface area contributed by atoms with Gasteiger partial charge in [-0.2, -0.15) is 13.2 Å². The topological polar surface area (TPSA) is 131 Å². The third kappa shape index (κ3) is 6.00. The van der Waals surface area contributed by atoms with Crippen molar-refractivity contribution in [3.63, 3.8) is 0 Å². The second kappa shape index (κ2) is 9.35. The fourth-order valence-electron chi connectivity index (χ4n) is 2.76. The van der Waals surface area contributed by atoms with Crippen molar-refractivity contribution in [1.82, 2.24) is 10.2 Å². The number of anilines is 1. The quantitative estimate of drug-likeness (QED) is 0.472. The van der Waals surface area contributed by atoms with Crippen molar-refractivity contribution in [3.05, 3.63) is 29.8 Å². The summed E-state index contributed by atoms with van der Waals surface area (Å²) in [7, 11) is 0. The lowest BCUT2D eigenvalue weighted by molar-refractivity contribution is -0.140. The minimum atomic E-state index is -4.55. The Morgan fingerprint density at radius 3 is 2.41 bits per heavy atom. The van der Waals surface area contributed by atoms with Crippen LogP contribution in [0.25, 0.3) is 0 Å². The smallest absolute Gasteiger partial charge is 0.383 e. The number of hydrogen-bond donors (Lipinski definition) is 4. The van der Waals surface area contributed by atoms with Gasteiger partial charge in [-0.15, -0.1) is 11.8 Å². The average Bonchev–Trinajstić information content (AvgIpc) is 2.99. The summed E-state index contributed by atoms with van der Waals surface area (Å²) in [6, 6.07) is 5.05. The Balaban J connectivity index is 1.98. The Morgan fingerprint density at radius 1 is 1.28 bits per heavy atom. The first-order valence-corrected chi connectivity index (χ1v) is 9.67. The molecule has 0 aromatic heterocycles. The molecule has 3 atom stereocenters. The van der Waals surface area contributed by atoms with Gasteiger partial charge in [-0.1, -0.05) is 0 Å². The molecule has 1 saturated heterocycles. The maximum atomic E-state index is 12.6. The van der Waals surface area contributed by atoms with E-state index in [-0.39, 0.29) is 19.0 Å². The number of halogens is 3. The van der Waals surface area contributed by atoms with Crippen LogP contribution in [0, 0.1) is 0 Å². The highest BCUT2D eigenvalue weighted by Crippen LogP contribution is 2.33. The third-order valence-electron chi connectivity index (χ3n) is 4.24. The van der Waals surface area contributed by atoms with Crippen molar-refractivity contribution in [2.45, 2.75) is 29.8 Å². The van der Waals surface area contributed by atoms with E-state index in [0.717, 1.165) is 11.8 Å². The number of carbonyl (C=O) groups excluding carboxylic acids is 3. The third-order valence-corrected chi connectivity index (χ3v) is 5.77. The van der Waals surface area contributed by atoms with Crippen molar-refractivity contribution in [2.24, 2.45) is 11.5 Å². The SMILES string of the molecule is CCN1C(=O)[C@@H](CNc2ccc(C(N)=O)cc2)SC1[C@H](N)C(=O)NCC(F)(F)F. The van der Waals surface area contributed by atoms with Crippen molar-refractivity contribution in [2.75, 3.05) is 25.0 Å². The molecule has 12 heteroatoms. The van der Waals surface area contributed by atoms with E-state index in [1.807, 2.05) is 0 Å². The van der Waals surface area contributed by atoms with Gasteiger partial charge >= 0.3 is 6.18 Å². The molecule has 1 heterocycles. The van der Waals surface area contributed by atoms with E-state index in [2.05, 4.69) is 5.32 Å². The van der Waals surface area contributed by atoms with E-state index in [0.29, 0.717) is 11.3 Å².